The van der Waals surface area contributed by atoms with Gasteiger partial charge in [0.05, 0.1) is 24.2 Å². The summed E-state index contributed by atoms with van der Waals surface area (Å²) in [4.78, 5) is 12.9. The number of aryl methyl sites for hydroxylation is 1. The average molecular weight is 456 g/mol. The molecule has 0 bridgehead atoms. The summed E-state index contributed by atoms with van der Waals surface area (Å²) in [5.41, 5.74) is 1.43. The van der Waals surface area contributed by atoms with Crippen LogP contribution in [-0.4, -0.2) is 34.1 Å². The van der Waals surface area contributed by atoms with Crippen molar-refractivity contribution in [3.05, 3.63) is 78.1 Å². The topological polar surface area (TPSA) is 84.9 Å². The molecular weight excluding hydrogens is 435 g/mol. The van der Waals surface area contributed by atoms with Crippen LogP contribution < -0.4 is 19.1 Å². The highest BCUT2D eigenvalue weighted by molar-refractivity contribution is 7.92. The molecule has 3 aromatic rings. The summed E-state index contributed by atoms with van der Waals surface area (Å²) in [5.74, 6) is -0.295. The first kappa shape index (κ1) is 21.6. The van der Waals surface area contributed by atoms with Crippen LogP contribution >= 0.6 is 0 Å². The number of methoxy groups -OCH3 is 1. The van der Waals surface area contributed by atoms with Crippen LogP contribution in [0.15, 0.2) is 71.6 Å². The van der Waals surface area contributed by atoms with Gasteiger partial charge in [-0.05, 0) is 67.1 Å². The lowest BCUT2D eigenvalue weighted by atomic mass is 10.1. The first-order chi connectivity index (χ1) is 15.3. The van der Waals surface area contributed by atoms with Crippen LogP contribution in [0.2, 0.25) is 0 Å². The van der Waals surface area contributed by atoms with Gasteiger partial charge in [0.2, 0.25) is 0 Å². The number of halogens is 1. The summed E-state index contributed by atoms with van der Waals surface area (Å²) in [6, 6.07) is 16.5. The van der Waals surface area contributed by atoms with Crippen LogP contribution in [0.5, 0.6) is 11.5 Å². The predicted molar refractivity (Wildman–Crippen MR) is 118 cm³/mol. The quantitative estimate of drug-likeness (QED) is 0.632. The molecule has 1 amide bonds. The van der Waals surface area contributed by atoms with Crippen molar-refractivity contribution in [2.75, 3.05) is 23.3 Å². The Hall–Kier alpha value is -3.59. The van der Waals surface area contributed by atoms with E-state index in [1.54, 1.807) is 30.3 Å². The molecule has 1 atom stereocenters. The Bertz CT molecular complexity index is 1260. The van der Waals surface area contributed by atoms with Crippen molar-refractivity contribution >= 4 is 27.3 Å². The minimum absolute atomic E-state index is 0.0519. The molecule has 1 N–H and O–H groups in total. The number of rotatable bonds is 5. The molecule has 1 heterocycles. The molecule has 32 heavy (non-hydrogen) atoms. The van der Waals surface area contributed by atoms with Gasteiger partial charge in [0, 0.05) is 5.69 Å². The van der Waals surface area contributed by atoms with E-state index in [9.17, 15) is 17.6 Å². The number of ether oxygens (including phenoxy) is 2. The maximum absolute atomic E-state index is 13.5. The number of benzene rings is 3. The Morgan fingerprint density at radius 3 is 2.56 bits per heavy atom. The highest BCUT2D eigenvalue weighted by atomic mass is 32.2. The maximum Gasteiger partial charge on any atom is 0.267 e. The molecule has 166 valence electrons. The SMILES string of the molecule is COc1ccc(S(=O)(=O)N2C[C@@H](C(=O)Nc3cccc(F)c3)Oc3cc(C)ccc32)cc1. The van der Waals surface area contributed by atoms with Gasteiger partial charge in [-0.3, -0.25) is 9.10 Å². The summed E-state index contributed by atoms with van der Waals surface area (Å²) >= 11 is 0. The maximum atomic E-state index is 13.5. The lowest BCUT2D eigenvalue weighted by Gasteiger charge is -2.35. The zero-order chi connectivity index (χ0) is 22.9. The average Bonchev–Trinajstić information content (AvgIpc) is 2.78. The first-order valence-corrected chi connectivity index (χ1v) is 11.2. The second-order valence-electron chi connectivity index (χ2n) is 7.29. The lowest BCUT2D eigenvalue weighted by Crippen LogP contribution is -2.48. The number of fused-ring (bicyclic) bond motifs is 1. The number of carbonyl (C=O) groups is 1. The van der Waals surface area contributed by atoms with Crippen LogP contribution in [0.1, 0.15) is 5.56 Å². The highest BCUT2D eigenvalue weighted by Crippen LogP contribution is 2.38. The molecule has 7 nitrogen and oxygen atoms in total. The molecule has 1 aliphatic rings. The summed E-state index contributed by atoms with van der Waals surface area (Å²) < 4.78 is 52.5. The van der Waals surface area contributed by atoms with Crippen molar-refractivity contribution in [3.8, 4) is 11.5 Å². The second kappa shape index (κ2) is 8.51. The monoisotopic (exact) mass is 456 g/mol. The van der Waals surface area contributed by atoms with Crippen LogP contribution in [0.3, 0.4) is 0 Å². The largest absolute Gasteiger partial charge is 0.497 e. The van der Waals surface area contributed by atoms with E-state index in [2.05, 4.69) is 5.32 Å². The lowest BCUT2D eigenvalue weighted by molar-refractivity contribution is -0.122. The van der Waals surface area contributed by atoms with E-state index in [1.165, 1.54) is 43.5 Å². The molecule has 9 heteroatoms. The van der Waals surface area contributed by atoms with Gasteiger partial charge >= 0.3 is 0 Å². The van der Waals surface area contributed by atoms with Crippen molar-refractivity contribution in [1.82, 2.24) is 0 Å². The van der Waals surface area contributed by atoms with Gasteiger partial charge < -0.3 is 14.8 Å². The molecule has 0 saturated carbocycles. The molecule has 3 aromatic carbocycles. The Morgan fingerprint density at radius 2 is 1.88 bits per heavy atom. The third-order valence-electron chi connectivity index (χ3n) is 5.02. The molecule has 0 radical (unpaired) electrons. The van der Waals surface area contributed by atoms with Gasteiger partial charge in [-0.25, -0.2) is 12.8 Å². The highest BCUT2D eigenvalue weighted by Gasteiger charge is 2.37. The fourth-order valence-corrected chi connectivity index (χ4v) is 4.87. The minimum atomic E-state index is -4.00. The molecular formula is C23H21FN2O5S. The zero-order valence-corrected chi connectivity index (χ0v) is 18.2. The van der Waals surface area contributed by atoms with Gasteiger partial charge in [-0.1, -0.05) is 12.1 Å². The van der Waals surface area contributed by atoms with E-state index in [0.717, 1.165) is 9.87 Å². The fraction of sp³-hybridized carbons (Fsp3) is 0.174. The van der Waals surface area contributed by atoms with Crippen molar-refractivity contribution in [1.29, 1.82) is 0 Å². The van der Waals surface area contributed by atoms with Gasteiger partial charge in [0.1, 0.15) is 17.3 Å². The van der Waals surface area contributed by atoms with E-state index < -0.39 is 27.9 Å². The van der Waals surface area contributed by atoms with Crippen molar-refractivity contribution in [2.24, 2.45) is 0 Å². The third kappa shape index (κ3) is 4.24. The van der Waals surface area contributed by atoms with Crippen molar-refractivity contribution in [2.45, 2.75) is 17.9 Å². The smallest absolute Gasteiger partial charge is 0.267 e. The van der Waals surface area contributed by atoms with E-state index in [4.69, 9.17) is 9.47 Å². The number of amides is 1. The van der Waals surface area contributed by atoms with Gasteiger partial charge in [-0.15, -0.1) is 0 Å². The van der Waals surface area contributed by atoms with E-state index in [0.29, 0.717) is 11.4 Å². The number of hydrogen-bond donors (Lipinski definition) is 1. The second-order valence-corrected chi connectivity index (χ2v) is 9.15. The van der Waals surface area contributed by atoms with Crippen LogP contribution in [0, 0.1) is 12.7 Å². The Kier molecular flexibility index (Phi) is 5.75. The van der Waals surface area contributed by atoms with Crippen LogP contribution in [0.4, 0.5) is 15.8 Å². The molecule has 0 fully saturated rings. The number of nitrogens with one attached hydrogen (secondary N) is 1. The molecule has 0 saturated heterocycles. The van der Waals surface area contributed by atoms with E-state index in [-0.39, 0.29) is 22.9 Å². The number of sulfonamides is 1. The van der Waals surface area contributed by atoms with E-state index >= 15 is 0 Å². The van der Waals surface area contributed by atoms with Gasteiger partial charge in [-0.2, -0.15) is 0 Å². The Labute approximate surface area is 185 Å². The summed E-state index contributed by atoms with van der Waals surface area (Å²) in [6.45, 7) is 1.59. The minimum Gasteiger partial charge on any atom is -0.497 e. The van der Waals surface area contributed by atoms with Crippen LogP contribution in [-0.2, 0) is 14.8 Å². The number of nitrogens with zero attached hydrogens (tertiary/aromatic N) is 1. The predicted octanol–water partition coefficient (Wildman–Crippen LogP) is 3.74. The molecule has 0 unspecified atom stereocenters. The number of anilines is 2. The van der Waals surface area contributed by atoms with Crippen molar-refractivity contribution < 1.29 is 27.1 Å². The fourth-order valence-electron chi connectivity index (χ4n) is 3.39. The Morgan fingerprint density at radius 1 is 1.12 bits per heavy atom. The van der Waals surface area contributed by atoms with Crippen LogP contribution in [0.25, 0.3) is 0 Å². The normalized spacial score (nSPS) is 15.5. The first-order valence-electron chi connectivity index (χ1n) is 9.78. The Balaban J connectivity index is 1.69. The standard InChI is InChI=1S/C23H21FN2O5S/c1-15-6-11-20-21(12-15)31-22(23(27)25-17-5-3-4-16(24)13-17)14-26(20)32(28,29)19-9-7-18(30-2)8-10-19/h3-13,22H,14H2,1-2H3,(H,25,27)/t22-/m0/s1. The van der Waals surface area contributed by atoms with Crippen molar-refractivity contribution in [3.63, 3.8) is 0 Å². The molecule has 0 spiro atoms. The summed E-state index contributed by atoms with van der Waals surface area (Å²) in [5, 5.41) is 2.58. The van der Waals surface area contributed by atoms with Gasteiger partial charge in [0.15, 0.2) is 6.10 Å². The number of hydrogen-bond acceptors (Lipinski definition) is 5. The van der Waals surface area contributed by atoms with E-state index in [1.807, 2.05) is 6.92 Å². The summed E-state index contributed by atoms with van der Waals surface area (Å²) in [6.07, 6.45) is -1.14. The molecule has 1 aliphatic heterocycles. The van der Waals surface area contributed by atoms with Gasteiger partial charge in [0.25, 0.3) is 15.9 Å². The molecule has 4 rings (SSSR count). The summed E-state index contributed by atoms with van der Waals surface area (Å²) in [7, 11) is -2.51. The number of carbonyl (C=O) groups excluding carboxylic acids is 1. The third-order valence-corrected chi connectivity index (χ3v) is 6.81. The zero-order valence-electron chi connectivity index (χ0n) is 17.4. The molecule has 0 aromatic heterocycles. The molecule has 0 aliphatic carbocycles.